The third-order valence-corrected chi connectivity index (χ3v) is 4.08. The van der Waals surface area contributed by atoms with Crippen LogP contribution in [0.2, 0.25) is 0 Å². The van der Waals surface area contributed by atoms with Crippen LogP contribution in [0.5, 0.6) is 0 Å². The summed E-state index contributed by atoms with van der Waals surface area (Å²) in [6.45, 7) is 2.65. The maximum atomic E-state index is 13.7. The SMILES string of the molecule is CCCn1c(C2(C(F)(F)F)CCNC2)nc2cccnc21. The van der Waals surface area contributed by atoms with Crippen molar-refractivity contribution in [2.45, 2.75) is 37.9 Å². The highest BCUT2D eigenvalue weighted by Crippen LogP contribution is 2.45. The van der Waals surface area contributed by atoms with E-state index in [9.17, 15) is 13.2 Å². The second-order valence-electron chi connectivity index (χ2n) is 5.44. The van der Waals surface area contributed by atoms with Crippen molar-refractivity contribution >= 4 is 11.2 Å². The van der Waals surface area contributed by atoms with Crippen LogP contribution < -0.4 is 5.32 Å². The summed E-state index contributed by atoms with van der Waals surface area (Å²) in [5.74, 6) is 0.0931. The van der Waals surface area contributed by atoms with E-state index in [1.165, 1.54) is 0 Å². The summed E-state index contributed by atoms with van der Waals surface area (Å²) in [5.41, 5.74) is -0.857. The average Bonchev–Trinajstić information content (AvgIpc) is 3.04. The van der Waals surface area contributed by atoms with Crippen LogP contribution in [0, 0.1) is 0 Å². The summed E-state index contributed by atoms with van der Waals surface area (Å²) in [7, 11) is 0. The van der Waals surface area contributed by atoms with E-state index in [2.05, 4.69) is 15.3 Å². The number of pyridine rings is 1. The summed E-state index contributed by atoms with van der Waals surface area (Å²) in [6, 6.07) is 3.41. The molecule has 0 aliphatic carbocycles. The van der Waals surface area contributed by atoms with Gasteiger partial charge in [-0.1, -0.05) is 6.92 Å². The third-order valence-electron chi connectivity index (χ3n) is 4.08. The van der Waals surface area contributed by atoms with Gasteiger partial charge in [-0.25, -0.2) is 9.97 Å². The van der Waals surface area contributed by atoms with Crippen LogP contribution in [-0.4, -0.2) is 33.8 Å². The minimum absolute atomic E-state index is 0.0174. The fourth-order valence-corrected chi connectivity index (χ4v) is 3.01. The largest absolute Gasteiger partial charge is 0.402 e. The number of hydrogen-bond acceptors (Lipinski definition) is 3. The predicted octanol–water partition coefficient (Wildman–Crippen LogP) is 2.63. The van der Waals surface area contributed by atoms with Crippen molar-refractivity contribution in [1.29, 1.82) is 0 Å². The van der Waals surface area contributed by atoms with E-state index in [4.69, 9.17) is 0 Å². The van der Waals surface area contributed by atoms with E-state index in [1.54, 1.807) is 22.9 Å². The van der Waals surface area contributed by atoms with Gasteiger partial charge in [-0.15, -0.1) is 0 Å². The van der Waals surface area contributed by atoms with Gasteiger partial charge >= 0.3 is 6.18 Å². The lowest BCUT2D eigenvalue weighted by Gasteiger charge is -2.30. The Bertz CT molecular complexity index is 641. The van der Waals surface area contributed by atoms with Crippen molar-refractivity contribution in [3.05, 3.63) is 24.2 Å². The van der Waals surface area contributed by atoms with Gasteiger partial charge in [0.05, 0.1) is 0 Å². The molecule has 0 aromatic carbocycles. The monoisotopic (exact) mass is 298 g/mol. The van der Waals surface area contributed by atoms with E-state index in [-0.39, 0.29) is 18.8 Å². The van der Waals surface area contributed by atoms with E-state index in [0.717, 1.165) is 6.42 Å². The minimum atomic E-state index is -4.33. The first-order chi connectivity index (χ1) is 9.99. The van der Waals surface area contributed by atoms with Gasteiger partial charge in [-0.05, 0) is 31.5 Å². The molecule has 0 radical (unpaired) electrons. The number of nitrogens with zero attached hydrogens (tertiary/aromatic N) is 3. The highest BCUT2D eigenvalue weighted by molar-refractivity contribution is 5.71. The summed E-state index contributed by atoms with van der Waals surface area (Å²) in [6.07, 6.45) is -1.99. The Kier molecular flexibility index (Phi) is 3.39. The average molecular weight is 298 g/mol. The van der Waals surface area contributed by atoms with Crippen molar-refractivity contribution in [1.82, 2.24) is 19.9 Å². The highest BCUT2D eigenvalue weighted by Gasteiger charge is 2.60. The lowest BCUT2D eigenvalue weighted by atomic mass is 9.85. The fraction of sp³-hybridized carbons (Fsp3) is 0.571. The summed E-state index contributed by atoms with van der Waals surface area (Å²) in [5, 5.41) is 2.84. The molecule has 4 nitrogen and oxygen atoms in total. The molecule has 1 aliphatic rings. The molecule has 3 rings (SSSR count). The van der Waals surface area contributed by atoms with Gasteiger partial charge in [0, 0.05) is 19.3 Å². The normalized spacial score (nSPS) is 23.0. The van der Waals surface area contributed by atoms with E-state index < -0.39 is 11.6 Å². The number of rotatable bonds is 3. The van der Waals surface area contributed by atoms with Gasteiger partial charge in [0.2, 0.25) is 0 Å². The first-order valence-electron chi connectivity index (χ1n) is 7.09. The molecule has 3 heterocycles. The number of imidazole rings is 1. The molecule has 2 aromatic heterocycles. The van der Waals surface area contributed by atoms with Crippen LogP contribution in [0.25, 0.3) is 11.2 Å². The summed E-state index contributed by atoms with van der Waals surface area (Å²) < 4.78 is 42.8. The molecule has 1 fully saturated rings. The fourth-order valence-electron chi connectivity index (χ4n) is 3.01. The third kappa shape index (κ3) is 2.10. The zero-order valence-electron chi connectivity index (χ0n) is 11.7. The maximum absolute atomic E-state index is 13.7. The van der Waals surface area contributed by atoms with Crippen molar-refractivity contribution in [3.8, 4) is 0 Å². The lowest BCUT2D eigenvalue weighted by molar-refractivity contribution is -0.187. The smallest absolute Gasteiger partial charge is 0.315 e. The number of alkyl halides is 3. The van der Waals surface area contributed by atoms with Gasteiger partial charge in [0.1, 0.15) is 16.8 Å². The van der Waals surface area contributed by atoms with E-state index in [1.807, 2.05) is 6.92 Å². The number of nitrogens with one attached hydrogen (secondary N) is 1. The standard InChI is InChI=1S/C14H17F3N4/c1-2-8-21-11-10(4-3-6-19-11)20-12(21)13(14(15,16)17)5-7-18-9-13/h3-4,6,18H,2,5,7-9H2,1H3. The van der Waals surface area contributed by atoms with E-state index in [0.29, 0.717) is 24.3 Å². The molecule has 1 saturated heterocycles. The van der Waals surface area contributed by atoms with Crippen molar-refractivity contribution < 1.29 is 13.2 Å². The zero-order chi connectivity index (χ0) is 15.1. The number of aromatic nitrogens is 3. The first kappa shape index (κ1) is 14.3. The Morgan fingerprint density at radius 1 is 1.43 bits per heavy atom. The lowest BCUT2D eigenvalue weighted by Crippen LogP contribution is -2.46. The maximum Gasteiger partial charge on any atom is 0.402 e. The Morgan fingerprint density at radius 2 is 2.24 bits per heavy atom. The number of aryl methyl sites for hydroxylation is 1. The van der Waals surface area contributed by atoms with E-state index >= 15 is 0 Å². The summed E-state index contributed by atoms with van der Waals surface area (Å²) >= 11 is 0. The minimum Gasteiger partial charge on any atom is -0.315 e. The molecule has 21 heavy (non-hydrogen) atoms. The van der Waals surface area contributed by atoms with Crippen molar-refractivity contribution in [2.24, 2.45) is 0 Å². The van der Waals surface area contributed by atoms with Crippen LogP contribution in [-0.2, 0) is 12.0 Å². The van der Waals surface area contributed by atoms with Gasteiger partial charge < -0.3 is 9.88 Å². The number of halogens is 3. The van der Waals surface area contributed by atoms with Gasteiger partial charge in [0.15, 0.2) is 5.65 Å². The van der Waals surface area contributed by atoms with Crippen LogP contribution in [0.15, 0.2) is 18.3 Å². The predicted molar refractivity (Wildman–Crippen MR) is 73.0 cm³/mol. The molecule has 1 unspecified atom stereocenters. The van der Waals surface area contributed by atoms with Crippen molar-refractivity contribution in [3.63, 3.8) is 0 Å². The molecule has 0 amide bonds. The molecule has 2 aromatic rings. The quantitative estimate of drug-likeness (QED) is 0.947. The zero-order valence-corrected chi connectivity index (χ0v) is 11.7. The Labute approximate surface area is 120 Å². The molecule has 0 bridgehead atoms. The number of hydrogen-bond donors (Lipinski definition) is 1. The Hall–Kier alpha value is -1.63. The molecular formula is C14H17F3N4. The molecule has 1 aliphatic heterocycles. The second kappa shape index (κ2) is 4.98. The molecule has 114 valence electrons. The van der Waals surface area contributed by atoms with Crippen molar-refractivity contribution in [2.75, 3.05) is 13.1 Å². The van der Waals surface area contributed by atoms with Gasteiger partial charge in [0.25, 0.3) is 0 Å². The topological polar surface area (TPSA) is 42.7 Å². The first-order valence-corrected chi connectivity index (χ1v) is 7.09. The van der Waals surface area contributed by atoms with Crippen LogP contribution >= 0.6 is 0 Å². The van der Waals surface area contributed by atoms with Crippen LogP contribution in [0.4, 0.5) is 13.2 Å². The van der Waals surface area contributed by atoms with Crippen LogP contribution in [0.3, 0.4) is 0 Å². The highest BCUT2D eigenvalue weighted by atomic mass is 19.4. The Morgan fingerprint density at radius 3 is 2.86 bits per heavy atom. The van der Waals surface area contributed by atoms with Gasteiger partial charge in [-0.2, -0.15) is 13.2 Å². The number of fused-ring (bicyclic) bond motifs is 1. The van der Waals surface area contributed by atoms with Crippen LogP contribution in [0.1, 0.15) is 25.6 Å². The summed E-state index contributed by atoms with van der Waals surface area (Å²) in [4.78, 5) is 8.51. The molecule has 7 heteroatoms. The molecule has 1 N–H and O–H groups in total. The molecular weight excluding hydrogens is 281 g/mol. The van der Waals surface area contributed by atoms with Gasteiger partial charge in [-0.3, -0.25) is 0 Å². The molecule has 0 saturated carbocycles. The Balaban J connectivity index is 2.25. The molecule has 1 atom stereocenters. The second-order valence-corrected chi connectivity index (χ2v) is 5.44. The molecule has 0 spiro atoms.